The van der Waals surface area contributed by atoms with Gasteiger partial charge in [-0.2, -0.15) is 0 Å². The fourth-order valence-electron chi connectivity index (χ4n) is 0.500. The normalized spacial score (nSPS) is 11.2. The summed E-state index contributed by atoms with van der Waals surface area (Å²) in [6.45, 7) is 6.63. The first-order valence-corrected chi connectivity index (χ1v) is 9.62. The second-order valence-electron chi connectivity index (χ2n) is 1.50. The summed E-state index contributed by atoms with van der Waals surface area (Å²) >= 11 is 7.09. The zero-order chi connectivity index (χ0) is 6.57. The van der Waals surface area contributed by atoms with E-state index >= 15 is 0 Å². The van der Waals surface area contributed by atoms with E-state index in [1.165, 1.54) is 0 Å². The molecule has 0 unspecified atom stereocenters. The van der Waals surface area contributed by atoms with Crippen LogP contribution < -0.4 is 0 Å². The number of rotatable bonds is 3. The number of hydrogen-bond donors (Lipinski definition) is 0. The molecule has 0 aromatic carbocycles. The van der Waals surface area contributed by atoms with Gasteiger partial charge in [0.15, 0.2) is 0 Å². The van der Waals surface area contributed by atoms with Crippen molar-refractivity contribution >= 4 is 36.8 Å². The van der Waals surface area contributed by atoms with Gasteiger partial charge in [0.1, 0.15) is 0 Å². The average Bonchev–Trinajstić information content (AvgIpc) is 1.69. The first kappa shape index (κ1) is 9.14. The third kappa shape index (κ3) is 3.22. The third-order valence-electron chi connectivity index (χ3n) is 1.09. The summed E-state index contributed by atoms with van der Waals surface area (Å²) in [6, 6.07) is 0. The first-order valence-electron chi connectivity index (χ1n) is 2.74. The first-order chi connectivity index (χ1) is 3.72. The molecule has 0 fully saturated rings. The van der Waals surface area contributed by atoms with Gasteiger partial charge in [-0.25, -0.2) is 0 Å². The monoisotopic (exact) mass is 259 g/mol. The minimum atomic E-state index is -0.827. The minimum absolute atomic E-state index is 0.827. The van der Waals surface area contributed by atoms with E-state index in [1.54, 1.807) is 0 Å². The Bertz CT molecular complexity index is 56.0. The van der Waals surface area contributed by atoms with E-state index in [2.05, 4.69) is 49.0 Å². The Labute approximate surface area is 68.3 Å². The van der Waals surface area contributed by atoms with Crippen LogP contribution in [0.1, 0.15) is 13.8 Å². The molecule has 1 nitrogen and oxygen atoms in total. The molecule has 0 radical (unpaired) electrons. The molecule has 0 spiro atoms. The van der Waals surface area contributed by atoms with E-state index in [0.29, 0.717) is 0 Å². The highest BCUT2D eigenvalue weighted by atomic mass is 79.9. The Balaban J connectivity index is 3.35. The predicted octanol–water partition coefficient (Wildman–Crippen LogP) is 1.84. The summed E-state index contributed by atoms with van der Waals surface area (Å²) in [7, 11) is 0. The highest BCUT2D eigenvalue weighted by molar-refractivity contribution is 9.48. The van der Waals surface area contributed by atoms with Crippen LogP contribution in [0.15, 0.2) is 0 Å². The smallest absolute Gasteiger partial charge is 0.257 e. The molecule has 0 saturated heterocycles. The fraction of sp³-hybridized carbons (Fsp3) is 1.00. The largest absolute Gasteiger partial charge is 0.310 e. The van der Waals surface area contributed by atoms with Crippen molar-refractivity contribution in [2.75, 3.05) is 13.1 Å². The molecule has 0 aliphatic heterocycles. The van der Waals surface area contributed by atoms with E-state index in [-0.39, 0.29) is 0 Å². The summed E-state index contributed by atoms with van der Waals surface area (Å²) in [5.41, 5.74) is 0. The van der Waals surface area contributed by atoms with Crippen LogP contribution in [-0.2, 0) is 0 Å². The van der Waals surface area contributed by atoms with Crippen LogP contribution >= 0.6 is 30.6 Å². The topological polar surface area (TPSA) is 3.24 Å². The molecule has 0 aliphatic carbocycles. The molecule has 0 aromatic rings. The van der Waals surface area contributed by atoms with Gasteiger partial charge in [-0.1, -0.05) is 44.4 Å². The highest BCUT2D eigenvalue weighted by Crippen LogP contribution is 2.07. The van der Waals surface area contributed by atoms with Gasteiger partial charge in [-0.15, -0.1) is 0 Å². The summed E-state index contributed by atoms with van der Waals surface area (Å²) in [6.07, 6.45) is -0.827. The van der Waals surface area contributed by atoms with Crippen molar-refractivity contribution in [3.63, 3.8) is 0 Å². The lowest BCUT2D eigenvalue weighted by molar-refractivity contribution is 0.500. The Morgan fingerprint density at radius 1 is 1.25 bits per heavy atom. The molecule has 0 bridgehead atoms. The molecule has 0 heterocycles. The zero-order valence-electron chi connectivity index (χ0n) is 5.19. The van der Waals surface area contributed by atoms with Crippen LogP contribution in [0, 0.1) is 0 Å². The summed E-state index contributed by atoms with van der Waals surface area (Å²) in [5.74, 6) is 0. The van der Waals surface area contributed by atoms with Gasteiger partial charge in [0, 0.05) is 0 Å². The zero-order valence-corrected chi connectivity index (χ0v) is 9.52. The van der Waals surface area contributed by atoms with Crippen molar-refractivity contribution in [2.45, 2.75) is 13.8 Å². The van der Waals surface area contributed by atoms with E-state index in [9.17, 15) is 0 Å². The number of halogens is 2. The van der Waals surface area contributed by atoms with Crippen molar-refractivity contribution in [3.05, 3.63) is 0 Å². The summed E-state index contributed by atoms with van der Waals surface area (Å²) < 4.78 is 2.39. The third-order valence-corrected chi connectivity index (χ3v) is 5.85. The van der Waals surface area contributed by atoms with Crippen LogP contribution in [0.25, 0.3) is 0 Å². The van der Waals surface area contributed by atoms with Crippen molar-refractivity contribution in [1.29, 1.82) is 0 Å². The van der Waals surface area contributed by atoms with Crippen molar-refractivity contribution in [3.8, 4) is 0 Å². The van der Waals surface area contributed by atoms with Gasteiger partial charge in [-0.05, 0) is 13.1 Å². The Hall–Kier alpha value is 1.14. The summed E-state index contributed by atoms with van der Waals surface area (Å²) in [5, 5.41) is 0. The molecule has 0 N–H and O–H groups in total. The van der Waals surface area contributed by atoms with E-state index in [0.717, 1.165) is 13.1 Å². The molecule has 8 heavy (non-hydrogen) atoms. The molecule has 0 amide bonds. The quantitative estimate of drug-likeness (QED) is 0.553. The maximum absolute atomic E-state index is 3.54. The van der Waals surface area contributed by atoms with Crippen LogP contribution in [0.3, 0.4) is 0 Å². The van der Waals surface area contributed by atoms with Crippen LogP contribution in [-0.4, -0.2) is 23.9 Å². The molecule has 0 rings (SSSR count). The van der Waals surface area contributed by atoms with Crippen molar-refractivity contribution < 1.29 is 0 Å². The average molecular weight is 261 g/mol. The van der Waals surface area contributed by atoms with E-state index < -0.39 is 6.20 Å². The summed E-state index contributed by atoms with van der Waals surface area (Å²) in [4.78, 5) is 0. The highest BCUT2D eigenvalue weighted by Gasteiger charge is 2.07. The molecule has 4 heteroatoms. The molecule has 50 valence electrons. The molecular formula is C4H11Br2NSi. The second kappa shape index (κ2) is 4.96. The van der Waals surface area contributed by atoms with Gasteiger partial charge in [0.05, 0.1) is 0 Å². The van der Waals surface area contributed by atoms with Gasteiger partial charge in [0.2, 0.25) is 0 Å². The molecule has 0 saturated carbocycles. The van der Waals surface area contributed by atoms with Crippen LogP contribution in [0.5, 0.6) is 0 Å². The Kier molecular flexibility index (Phi) is 5.67. The van der Waals surface area contributed by atoms with Gasteiger partial charge < -0.3 is 4.57 Å². The van der Waals surface area contributed by atoms with Crippen molar-refractivity contribution in [2.24, 2.45) is 0 Å². The maximum Gasteiger partial charge on any atom is 0.257 e. The van der Waals surface area contributed by atoms with Gasteiger partial charge in [0.25, 0.3) is 6.20 Å². The van der Waals surface area contributed by atoms with Crippen LogP contribution in [0.2, 0.25) is 0 Å². The number of nitrogens with zero attached hydrogens (tertiary/aromatic N) is 1. The van der Waals surface area contributed by atoms with E-state index in [4.69, 9.17) is 0 Å². The molecule has 0 atom stereocenters. The Morgan fingerprint density at radius 2 is 1.62 bits per heavy atom. The lowest BCUT2D eigenvalue weighted by atomic mass is 10.7. The molecule has 0 aromatic heterocycles. The van der Waals surface area contributed by atoms with Gasteiger partial charge >= 0.3 is 0 Å². The SMILES string of the molecule is CCN(CC)[SiH](Br)Br. The predicted molar refractivity (Wildman–Crippen MR) is 47.9 cm³/mol. The second-order valence-corrected chi connectivity index (χ2v) is 11.7. The van der Waals surface area contributed by atoms with E-state index in [1.807, 2.05) is 0 Å². The van der Waals surface area contributed by atoms with Crippen molar-refractivity contribution in [1.82, 2.24) is 4.57 Å². The maximum atomic E-state index is 3.54. The minimum Gasteiger partial charge on any atom is -0.310 e. The number of hydrogen-bond acceptors (Lipinski definition) is 1. The van der Waals surface area contributed by atoms with Crippen LogP contribution in [0.4, 0.5) is 0 Å². The standard InChI is InChI=1S/C4H11Br2NSi/c1-3-7(4-2)8(5)6/h8H,3-4H2,1-2H3. The lowest BCUT2D eigenvalue weighted by Gasteiger charge is -2.17. The van der Waals surface area contributed by atoms with Gasteiger partial charge in [-0.3, -0.25) is 0 Å². The Morgan fingerprint density at radius 3 is 1.62 bits per heavy atom. The molecule has 0 aliphatic rings. The lowest BCUT2D eigenvalue weighted by Crippen LogP contribution is -2.29. The molecular weight excluding hydrogens is 250 g/mol. The fourth-order valence-corrected chi connectivity index (χ4v) is 4.53.